The Morgan fingerprint density at radius 3 is 2.65 bits per heavy atom. The Balaban J connectivity index is 1.63. The Kier molecular flexibility index (Phi) is 5.52. The zero-order valence-electron chi connectivity index (χ0n) is 14.6. The molecule has 0 bridgehead atoms. The highest BCUT2D eigenvalue weighted by atomic mass is 32.1. The van der Waals surface area contributed by atoms with Gasteiger partial charge in [-0.3, -0.25) is 14.3 Å². The predicted octanol–water partition coefficient (Wildman–Crippen LogP) is 2.18. The monoisotopic (exact) mass is 372 g/mol. The Labute approximate surface area is 155 Å². The second kappa shape index (κ2) is 8.01. The lowest BCUT2D eigenvalue weighted by molar-refractivity contribution is -0.139. The van der Waals surface area contributed by atoms with Crippen molar-refractivity contribution >= 4 is 23.2 Å². The molecule has 3 heterocycles. The van der Waals surface area contributed by atoms with Gasteiger partial charge in [-0.2, -0.15) is 5.10 Å². The quantitative estimate of drug-likeness (QED) is 0.649. The van der Waals surface area contributed by atoms with Crippen molar-refractivity contribution in [1.82, 2.24) is 20.4 Å². The van der Waals surface area contributed by atoms with E-state index in [1.165, 1.54) is 6.26 Å². The fraction of sp³-hybridized carbons (Fsp3) is 0.278. The van der Waals surface area contributed by atoms with Gasteiger partial charge >= 0.3 is 11.8 Å². The lowest BCUT2D eigenvalue weighted by Gasteiger charge is -2.18. The third-order valence-electron chi connectivity index (χ3n) is 3.88. The molecular formula is C18H20N4O3S. The van der Waals surface area contributed by atoms with Gasteiger partial charge in [0.05, 0.1) is 18.5 Å². The summed E-state index contributed by atoms with van der Waals surface area (Å²) >= 11 is 1.59. The second-order valence-corrected chi connectivity index (χ2v) is 6.85. The van der Waals surface area contributed by atoms with E-state index in [0.717, 1.165) is 16.3 Å². The first-order valence-electron chi connectivity index (χ1n) is 8.19. The molecule has 0 aliphatic rings. The van der Waals surface area contributed by atoms with Gasteiger partial charge in [0.25, 0.3) is 0 Å². The summed E-state index contributed by atoms with van der Waals surface area (Å²) < 4.78 is 7.00. The van der Waals surface area contributed by atoms with E-state index in [1.54, 1.807) is 23.5 Å². The van der Waals surface area contributed by atoms with E-state index in [-0.39, 0.29) is 19.1 Å². The number of thiophene rings is 1. The first kappa shape index (κ1) is 17.9. The number of aryl methyl sites for hydroxylation is 2. The van der Waals surface area contributed by atoms with Crippen LogP contribution >= 0.6 is 11.3 Å². The van der Waals surface area contributed by atoms with Crippen molar-refractivity contribution in [2.45, 2.75) is 26.4 Å². The van der Waals surface area contributed by atoms with Crippen LogP contribution in [0.1, 0.15) is 28.1 Å². The molecule has 0 unspecified atom stereocenters. The summed E-state index contributed by atoms with van der Waals surface area (Å²) in [5.74, 6) is -0.787. The van der Waals surface area contributed by atoms with E-state index < -0.39 is 11.8 Å². The maximum atomic E-state index is 12.1. The minimum absolute atomic E-state index is 0.162. The molecule has 0 aromatic carbocycles. The van der Waals surface area contributed by atoms with Crippen LogP contribution in [0.3, 0.4) is 0 Å². The molecule has 3 rings (SSSR count). The van der Waals surface area contributed by atoms with Crippen LogP contribution in [0.5, 0.6) is 0 Å². The lowest BCUT2D eigenvalue weighted by atomic mass is 10.2. The SMILES string of the molecule is Cc1cc(C)n([C@H](CNC(=O)C(=O)NCc2ccco2)c2cccs2)n1. The van der Waals surface area contributed by atoms with E-state index >= 15 is 0 Å². The molecule has 1 atom stereocenters. The molecule has 2 N–H and O–H groups in total. The number of carbonyl (C=O) groups is 2. The summed E-state index contributed by atoms with van der Waals surface area (Å²) in [6, 6.07) is 9.23. The van der Waals surface area contributed by atoms with Crippen LogP contribution < -0.4 is 10.6 Å². The summed E-state index contributed by atoms with van der Waals surface area (Å²) in [6.07, 6.45) is 1.52. The number of aromatic nitrogens is 2. The van der Waals surface area contributed by atoms with Gasteiger partial charge in [0.15, 0.2) is 0 Å². The predicted molar refractivity (Wildman–Crippen MR) is 97.7 cm³/mol. The third-order valence-corrected chi connectivity index (χ3v) is 4.85. The Morgan fingerprint density at radius 1 is 1.23 bits per heavy atom. The molecule has 7 nitrogen and oxygen atoms in total. The standard InChI is InChI=1S/C18H20N4O3S/c1-12-9-13(2)22(21-12)15(16-6-4-8-26-16)11-20-18(24)17(23)19-10-14-5-3-7-25-14/h3-9,15H,10-11H2,1-2H3,(H,19,23)(H,20,24)/t15-/m1/s1. The smallest absolute Gasteiger partial charge is 0.309 e. The molecule has 0 spiro atoms. The molecule has 0 fully saturated rings. The number of carbonyl (C=O) groups excluding carboxylic acids is 2. The summed E-state index contributed by atoms with van der Waals surface area (Å²) in [5, 5.41) is 11.7. The van der Waals surface area contributed by atoms with Gasteiger partial charge in [0, 0.05) is 17.1 Å². The number of hydrogen-bond acceptors (Lipinski definition) is 5. The molecule has 26 heavy (non-hydrogen) atoms. The normalized spacial score (nSPS) is 11.9. The highest BCUT2D eigenvalue weighted by Crippen LogP contribution is 2.24. The lowest BCUT2D eigenvalue weighted by Crippen LogP contribution is -2.42. The van der Waals surface area contributed by atoms with E-state index in [1.807, 2.05) is 42.1 Å². The van der Waals surface area contributed by atoms with Crippen molar-refractivity contribution in [3.05, 3.63) is 64.0 Å². The third kappa shape index (κ3) is 4.20. The average molecular weight is 372 g/mol. The molecule has 2 amide bonds. The van der Waals surface area contributed by atoms with Crippen LogP contribution in [0.25, 0.3) is 0 Å². The first-order valence-corrected chi connectivity index (χ1v) is 9.07. The second-order valence-electron chi connectivity index (χ2n) is 5.87. The van der Waals surface area contributed by atoms with Crippen LogP contribution in [-0.4, -0.2) is 28.1 Å². The van der Waals surface area contributed by atoms with E-state index in [0.29, 0.717) is 5.76 Å². The molecule has 0 aliphatic carbocycles. The largest absolute Gasteiger partial charge is 0.467 e. The summed E-state index contributed by atoms with van der Waals surface area (Å²) in [7, 11) is 0. The first-order chi connectivity index (χ1) is 12.5. The van der Waals surface area contributed by atoms with Crippen LogP contribution in [0.4, 0.5) is 0 Å². The van der Waals surface area contributed by atoms with Crippen molar-refractivity contribution in [2.24, 2.45) is 0 Å². The van der Waals surface area contributed by atoms with Crippen molar-refractivity contribution < 1.29 is 14.0 Å². The topological polar surface area (TPSA) is 89.2 Å². The van der Waals surface area contributed by atoms with Crippen LogP contribution in [0.2, 0.25) is 0 Å². The van der Waals surface area contributed by atoms with E-state index in [2.05, 4.69) is 15.7 Å². The zero-order valence-corrected chi connectivity index (χ0v) is 15.4. The fourth-order valence-electron chi connectivity index (χ4n) is 2.68. The summed E-state index contributed by atoms with van der Waals surface area (Å²) in [4.78, 5) is 25.1. The Hall–Kier alpha value is -2.87. The van der Waals surface area contributed by atoms with Gasteiger partial charge in [-0.15, -0.1) is 11.3 Å². The highest BCUT2D eigenvalue weighted by molar-refractivity contribution is 7.10. The van der Waals surface area contributed by atoms with Crippen molar-refractivity contribution in [3.8, 4) is 0 Å². The Morgan fingerprint density at radius 2 is 2.04 bits per heavy atom. The fourth-order valence-corrected chi connectivity index (χ4v) is 3.49. The van der Waals surface area contributed by atoms with Gasteiger partial charge in [-0.1, -0.05) is 6.07 Å². The Bertz CT molecular complexity index is 869. The molecule has 3 aromatic heterocycles. The van der Waals surface area contributed by atoms with Crippen molar-refractivity contribution in [3.63, 3.8) is 0 Å². The minimum atomic E-state index is -0.695. The molecule has 136 valence electrons. The molecule has 8 heteroatoms. The van der Waals surface area contributed by atoms with E-state index in [9.17, 15) is 9.59 Å². The molecule has 0 aliphatic heterocycles. The number of furan rings is 1. The van der Waals surface area contributed by atoms with Crippen molar-refractivity contribution in [2.75, 3.05) is 6.54 Å². The van der Waals surface area contributed by atoms with Gasteiger partial charge < -0.3 is 15.1 Å². The van der Waals surface area contributed by atoms with Gasteiger partial charge in [0.1, 0.15) is 11.8 Å². The molecule has 0 radical (unpaired) electrons. The maximum Gasteiger partial charge on any atom is 0.309 e. The minimum Gasteiger partial charge on any atom is -0.467 e. The van der Waals surface area contributed by atoms with Gasteiger partial charge in [0.2, 0.25) is 0 Å². The zero-order chi connectivity index (χ0) is 18.5. The van der Waals surface area contributed by atoms with Crippen LogP contribution in [0, 0.1) is 13.8 Å². The number of rotatable bonds is 6. The number of nitrogens with zero attached hydrogens (tertiary/aromatic N) is 2. The maximum absolute atomic E-state index is 12.1. The molecule has 3 aromatic rings. The molecular weight excluding hydrogens is 352 g/mol. The van der Waals surface area contributed by atoms with Crippen LogP contribution in [0.15, 0.2) is 46.4 Å². The molecule has 0 saturated carbocycles. The summed E-state index contributed by atoms with van der Waals surface area (Å²) in [6.45, 7) is 4.34. The number of hydrogen-bond donors (Lipinski definition) is 2. The summed E-state index contributed by atoms with van der Waals surface area (Å²) in [5.41, 5.74) is 1.91. The number of amides is 2. The average Bonchev–Trinajstić information content (AvgIpc) is 3.36. The van der Waals surface area contributed by atoms with Gasteiger partial charge in [-0.05, 0) is 43.5 Å². The van der Waals surface area contributed by atoms with Crippen molar-refractivity contribution in [1.29, 1.82) is 0 Å². The van der Waals surface area contributed by atoms with Crippen LogP contribution in [-0.2, 0) is 16.1 Å². The van der Waals surface area contributed by atoms with Gasteiger partial charge in [-0.25, -0.2) is 0 Å². The van der Waals surface area contributed by atoms with E-state index in [4.69, 9.17) is 4.42 Å². The number of nitrogens with one attached hydrogen (secondary N) is 2. The highest BCUT2D eigenvalue weighted by Gasteiger charge is 2.21. The molecule has 0 saturated heterocycles.